The summed E-state index contributed by atoms with van der Waals surface area (Å²) in [6.07, 6.45) is -0.528. The first-order chi connectivity index (χ1) is 16.7. The summed E-state index contributed by atoms with van der Waals surface area (Å²) >= 11 is 0. The second kappa shape index (κ2) is 7.32. The van der Waals surface area contributed by atoms with E-state index in [0.717, 1.165) is 0 Å². The first-order valence-corrected chi connectivity index (χ1v) is 11.7. The highest BCUT2D eigenvalue weighted by Crippen LogP contribution is 2.54. The molecule has 0 aliphatic carbocycles. The summed E-state index contributed by atoms with van der Waals surface area (Å²) in [6, 6.07) is 12.6. The number of hydrogen-bond acceptors (Lipinski definition) is 7. The van der Waals surface area contributed by atoms with Crippen molar-refractivity contribution in [3.05, 3.63) is 70.3 Å². The number of Topliss-reactive ketones (excluding diaryl/α,β-unsaturated/α-hetero) is 1. The molecule has 2 fully saturated rings. The largest absolute Gasteiger partial charge is 0.449 e. The van der Waals surface area contributed by atoms with Crippen molar-refractivity contribution in [2.75, 3.05) is 4.90 Å². The Labute approximate surface area is 200 Å². The molecular weight excluding hydrogens is 448 g/mol. The van der Waals surface area contributed by atoms with Gasteiger partial charge in [0.2, 0.25) is 11.7 Å². The molecule has 1 N–H and O–H groups in total. The number of esters is 1. The first kappa shape index (κ1) is 21.7. The van der Waals surface area contributed by atoms with E-state index in [2.05, 4.69) is 10.3 Å². The van der Waals surface area contributed by atoms with E-state index >= 15 is 0 Å². The molecule has 0 saturated carbocycles. The lowest BCUT2D eigenvalue weighted by Gasteiger charge is -2.30. The average Bonchev–Trinajstić information content (AvgIpc) is 3.44. The lowest BCUT2D eigenvalue weighted by atomic mass is 9.88. The highest BCUT2D eigenvalue weighted by Gasteiger charge is 2.64. The topological polar surface area (TPSA) is 111 Å². The number of rotatable bonds is 3. The number of amides is 1. The zero-order valence-corrected chi connectivity index (χ0v) is 19.5. The number of ether oxygens (including phenoxy) is 1. The molecule has 1 amide bonds. The summed E-state index contributed by atoms with van der Waals surface area (Å²) in [5.74, 6) is -1.57. The van der Waals surface area contributed by atoms with Crippen molar-refractivity contribution in [2.24, 2.45) is 5.92 Å². The lowest BCUT2D eigenvalue weighted by Crippen LogP contribution is -2.49. The molecule has 0 radical (unpaired) electrons. The Bertz CT molecular complexity index is 1490. The molecule has 178 valence electrons. The molecule has 9 nitrogen and oxygen atoms in total. The van der Waals surface area contributed by atoms with E-state index in [1.165, 1.54) is 4.57 Å². The fraction of sp³-hybridized carbons (Fsp3) is 0.346. The van der Waals surface area contributed by atoms with Crippen LogP contribution in [0.15, 0.2) is 53.3 Å². The van der Waals surface area contributed by atoms with Crippen molar-refractivity contribution < 1.29 is 19.1 Å². The third-order valence-electron chi connectivity index (χ3n) is 7.25. The smallest absolute Gasteiger partial charge is 0.330 e. The second-order valence-electron chi connectivity index (χ2n) is 9.69. The molecule has 1 spiro atoms. The minimum atomic E-state index is -1.19. The van der Waals surface area contributed by atoms with Crippen LogP contribution in [-0.4, -0.2) is 39.4 Å². The van der Waals surface area contributed by atoms with Crippen LogP contribution in [0.2, 0.25) is 0 Å². The van der Waals surface area contributed by atoms with E-state index in [9.17, 15) is 19.2 Å². The van der Waals surface area contributed by atoms with E-state index in [1.54, 1.807) is 49.9 Å². The summed E-state index contributed by atoms with van der Waals surface area (Å²) in [4.78, 5) is 59.4. The van der Waals surface area contributed by atoms with Gasteiger partial charge >= 0.3 is 5.97 Å². The Morgan fingerprint density at radius 3 is 2.60 bits per heavy atom. The number of para-hydroxylation sites is 2. The van der Waals surface area contributed by atoms with Gasteiger partial charge in [0.15, 0.2) is 11.4 Å². The third-order valence-corrected chi connectivity index (χ3v) is 7.25. The van der Waals surface area contributed by atoms with Gasteiger partial charge in [0.05, 0.1) is 22.6 Å². The van der Waals surface area contributed by atoms with Crippen molar-refractivity contribution in [1.29, 1.82) is 0 Å². The van der Waals surface area contributed by atoms with Crippen LogP contribution in [0, 0.1) is 5.92 Å². The Hall–Kier alpha value is -3.85. The van der Waals surface area contributed by atoms with Gasteiger partial charge < -0.3 is 4.74 Å². The van der Waals surface area contributed by atoms with Crippen molar-refractivity contribution >= 4 is 34.3 Å². The van der Waals surface area contributed by atoms with Gasteiger partial charge in [-0.25, -0.2) is 9.78 Å². The first-order valence-electron chi connectivity index (χ1n) is 11.7. The predicted molar refractivity (Wildman–Crippen MR) is 127 cm³/mol. The SMILES string of the molecule is CC(C)C(=O)c1nc2ccccc2c(=O)n1[C@H]1C[C@]2(OC1=O)c1ccccc1N1C(=O)[C@@H](C)N[C@@H]12. The molecular formula is C26H24N4O5. The summed E-state index contributed by atoms with van der Waals surface area (Å²) in [5.41, 5.74) is 0.114. The van der Waals surface area contributed by atoms with Gasteiger partial charge in [0.1, 0.15) is 12.2 Å². The number of ketones is 1. The Morgan fingerprint density at radius 2 is 1.83 bits per heavy atom. The fourth-order valence-corrected chi connectivity index (χ4v) is 5.56. The molecule has 1 aromatic heterocycles. The minimum Gasteiger partial charge on any atom is -0.449 e. The Kier molecular flexibility index (Phi) is 4.53. The molecule has 3 aromatic rings. The number of nitrogens with zero attached hydrogens (tertiary/aromatic N) is 3. The number of aromatic nitrogens is 2. The molecule has 0 bridgehead atoms. The van der Waals surface area contributed by atoms with Gasteiger partial charge in [0.25, 0.3) is 5.56 Å². The number of nitrogens with one attached hydrogen (secondary N) is 1. The predicted octanol–water partition coefficient (Wildman–Crippen LogP) is 2.28. The monoisotopic (exact) mass is 472 g/mol. The van der Waals surface area contributed by atoms with Gasteiger partial charge in [-0.05, 0) is 25.1 Å². The number of benzene rings is 2. The number of carbonyl (C=O) groups is 3. The number of anilines is 1. The van der Waals surface area contributed by atoms with E-state index in [4.69, 9.17) is 4.74 Å². The summed E-state index contributed by atoms with van der Waals surface area (Å²) in [6.45, 7) is 5.22. The van der Waals surface area contributed by atoms with Crippen LogP contribution in [0.25, 0.3) is 10.9 Å². The minimum absolute atomic E-state index is 0.0605. The van der Waals surface area contributed by atoms with Gasteiger partial charge in [-0.2, -0.15) is 0 Å². The van der Waals surface area contributed by atoms with Crippen LogP contribution in [-0.2, 0) is 19.9 Å². The van der Waals surface area contributed by atoms with Crippen molar-refractivity contribution in [3.63, 3.8) is 0 Å². The molecule has 4 heterocycles. The van der Waals surface area contributed by atoms with Crippen LogP contribution in [0.3, 0.4) is 0 Å². The molecule has 9 heteroatoms. The Morgan fingerprint density at radius 1 is 1.11 bits per heavy atom. The van der Waals surface area contributed by atoms with Crippen LogP contribution in [0.1, 0.15) is 49.4 Å². The maximum Gasteiger partial charge on any atom is 0.330 e. The summed E-state index contributed by atoms with van der Waals surface area (Å²) in [7, 11) is 0. The normalized spacial score (nSPS) is 27.1. The molecule has 3 aliphatic rings. The quantitative estimate of drug-likeness (QED) is 0.460. The highest BCUT2D eigenvalue weighted by atomic mass is 16.6. The van der Waals surface area contributed by atoms with Crippen LogP contribution in [0.4, 0.5) is 5.69 Å². The summed E-state index contributed by atoms with van der Waals surface area (Å²) < 4.78 is 7.28. The van der Waals surface area contributed by atoms with Crippen LogP contribution in [0.5, 0.6) is 0 Å². The van der Waals surface area contributed by atoms with Gasteiger partial charge in [-0.1, -0.05) is 44.2 Å². The number of fused-ring (bicyclic) bond motifs is 6. The van der Waals surface area contributed by atoms with E-state index < -0.39 is 41.3 Å². The molecule has 3 aliphatic heterocycles. The second-order valence-corrected chi connectivity index (χ2v) is 9.69. The molecule has 2 aromatic carbocycles. The summed E-state index contributed by atoms with van der Waals surface area (Å²) in [5, 5.41) is 3.58. The average molecular weight is 473 g/mol. The zero-order chi connectivity index (χ0) is 24.6. The van der Waals surface area contributed by atoms with E-state index in [1.807, 2.05) is 24.3 Å². The standard InChI is InChI=1S/C26H24N4O5/c1-13(2)20(31)21-28-17-10-6-4-8-15(17)23(33)29(21)19-12-26(35-24(19)34)16-9-5-7-11-18(16)30-22(32)14(3)27-25(26)30/h4-11,13-14,19,25,27H,12H2,1-3H3/t14-,19+,25+,26+/m1/s1. The van der Waals surface area contributed by atoms with E-state index in [0.29, 0.717) is 22.2 Å². The highest BCUT2D eigenvalue weighted by molar-refractivity contribution is 6.03. The third kappa shape index (κ3) is 2.81. The van der Waals surface area contributed by atoms with Crippen molar-refractivity contribution in [1.82, 2.24) is 14.9 Å². The van der Waals surface area contributed by atoms with Crippen LogP contribution < -0.4 is 15.8 Å². The van der Waals surface area contributed by atoms with Crippen molar-refractivity contribution in [3.8, 4) is 0 Å². The maximum absolute atomic E-state index is 13.7. The van der Waals surface area contributed by atoms with Crippen LogP contribution >= 0.6 is 0 Å². The number of carbonyl (C=O) groups excluding carboxylic acids is 3. The molecule has 6 rings (SSSR count). The van der Waals surface area contributed by atoms with E-state index in [-0.39, 0.29) is 23.9 Å². The zero-order valence-electron chi connectivity index (χ0n) is 19.5. The van der Waals surface area contributed by atoms with Gasteiger partial charge in [-0.3, -0.25) is 29.2 Å². The van der Waals surface area contributed by atoms with Crippen molar-refractivity contribution in [2.45, 2.75) is 51.0 Å². The molecule has 2 saturated heterocycles. The van der Waals surface area contributed by atoms with Gasteiger partial charge in [0, 0.05) is 17.9 Å². The molecule has 4 atom stereocenters. The molecule has 35 heavy (non-hydrogen) atoms. The fourth-order valence-electron chi connectivity index (χ4n) is 5.56. The Balaban J connectivity index is 1.55. The lowest BCUT2D eigenvalue weighted by molar-refractivity contribution is -0.152. The van der Waals surface area contributed by atoms with Gasteiger partial charge in [-0.15, -0.1) is 0 Å². The number of hydrogen-bond donors (Lipinski definition) is 1. The maximum atomic E-state index is 13.7. The molecule has 0 unspecified atom stereocenters.